The van der Waals surface area contributed by atoms with Gasteiger partial charge in [0.2, 0.25) is 6.41 Å². The summed E-state index contributed by atoms with van der Waals surface area (Å²) in [4.78, 5) is 11.1. The fraction of sp³-hybridized carbons (Fsp3) is 0.345. The van der Waals surface area contributed by atoms with Crippen LogP contribution in [0.15, 0.2) is 91.0 Å². The minimum atomic E-state index is -0.704. The largest absolute Gasteiger partial charge is 0.368 e. The van der Waals surface area contributed by atoms with Gasteiger partial charge in [0.05, 0.1) is 19.8 Å². The van der Waals surface area contributed by atoms with Gasteiger partial charge in [-0.15, -0.1) is 0 Å². The number of ether oxygens (including phenoxy) is 5. The molecule has 0 spiro atoms. The first-order valence-corrected chi connectivity index (χ1v) is 12.1. The summed E-state index contributed by atoms with van der Waals surface area (Å²) < 4.78 is 31.2. The van der Waals surface area contributed by atoms with E-state index < -0.39 is 30.7 Å². The van der Waals surface area contributed by atoms with Gasteiger partial charge in [-0.2, -0.15) is 0 Å². The second-order valence-electron chi connectivity index (χ2n) is 8.59. The van der Waals surface area contributed by atoms with Gasteiger partial charge in [0.15, 0.2) is 6.29 Å². The molecule has 0 radical (unpaired) electrons. The molecule has 0 aromatic heterocycles. The molecule has 1 N–H and O–H groups in total. The highest BCUT2D eigenvalue weighted by molar-refractivity contribution is 5.45. The lowest BCUT2D eigenvalue weighted by molar-refractivity contribution is -0.316. The fourth-order valence-electron chi connectivity index (χ4n) is 4.26. The van der Waals surface area contributed by atoms with Crippen molar-refractivity contribution in [2.45, 2.75) is 50.5 Å². The van der Waals surface area contributed by atoms with Crippen molar-refractivity contribution in [3.8, 4) is 0 Å². The van der Waals surface area contributed by atoms with Crippen LogP contribution in [-0.2, 0) is 48.3 Å². The van der Waals surface area contributed by atoms with Gasteiger partial charge >= 0.3 is 0 Å². The summed E-state index contributed by atoms with van der Waals surface area (Å²) in [5, 5.41) is 2.72. The van der Waals surface area contributed by atoms with Crippen LogP contribution in [-0.4, -0.2) is 50.8 Å². The molecule has 1 fully saturated rings. The normalized spacial score (nSPS) is 23.8. The number of amides is 1. The number of carbonyl (C=O) groups is 1. The standard InChI is InChI=1S/C29H33NO6/c1-32-29-28(35-20-24-15-9-4-10-16-24)27(34-19-23-13-7-3-8-14-23)26(25(36-29)17-30-21-31)33-18-22-11-5-2-6-12-22/h2-16,21,25-29H,17-20H2,1H3,(H,30,31)/t25-,26-,27+,28+,29+/m1/s1. The molecule has 1 heterocycles. The Balaban J connectivity index is 1.59. The predicted octanol–water partition coefficient (Wildman–Crippen LogP) is 3.86. The van der Waals surface area contributed by atoms with Crippen molar-refractivity contribution in [1.29, 1.82) is 0 Å². The van der Waals surface area contributed by atoms with E-state index in [1.54, 1.807) is 7.11 Å². The molecule has 1 saturated heterocycles. The highest BCUT2D eigenvalue weighted by Crippen LogP contribution is 2.30. The van der Waals surface area contributed by atoms with Gasteiger partial charge < -0.3 is 29.0 Å². The Morgan fingerprint density at radius 3 is 1.58 bits per heavy atom. The highest BCUT2D eigenvalue weighted by Gasteiger charge is 2.48. The van der Waals surface area contributed by atoms with Crippen molar-refractivity contribution < 1.29 is 28.5 Å². The van der Waals surface area contributed by atoms with Gasteiger partial charge in [-0.3, -0.25) is 4.79 Å². The molecule has 1 aliphatic rings. The van der Waals surface area contributed by atoms with E-state index in [-0.39, 0.29) is 6.54 Å². The number of benzene rings is 3. The third kappa shape index (κ3) is 7.22. The van der Waals surface area contributed by atoms with Crippen molar-refractivity contribution in [2.24, 2.45) is 0 Å². The van der Waals surface area contributed by atoms with Crippen molar-refractivity contribution in [2.75, 3.05) is 13.7 Å². The summed E-state index contributed by atoms with van der Waals surface area (Å²) in [7, 11) is 1.58. The second-order valence-corrected chi connectivity index (χ2v) is 8.59. The van der Waals surface area contributed by atoms with Crippen LogP contribution < -0.4 is 5.32 Å². The lowest BCUT2D eigenvalue weighted by atomic mass is 9.97. The van der Waals surface area contributed by atoms with E-state index >= 15 is 0 Å². The highest BCUT2D eigenvalue weighted by atomic mass is 16.7. The fourth-order valence-corrected chi connectivity index (χ4v) is 4.26. The maximum Gasteiger partial charge on any atom is 0.207 e. The van der Waals surface area contributed by atoms with E-state index in [1.807, 2.05) is 91.0 Å². The van der Waals surface area contributed by atoms with Gasteiger partial charge in [-0.05, 0) is 16.7 Å². The van der Waals surface area contributed by atoms with Gasteiger partial charge in [0.25, 0.3) is 0 Å². The summed E-state index contributed by atoms with van der Waals surface area (Å²) >= 11 is 0. The van der Waals surface area contributed by atoms with E-state index in [0.717, 1.165) is 16.7 Å². The zero-order valence-corrected chi connectivity index (χ0v) is 20.4. The van der Waals surface area contributed by atoms with Crippen LogP contribution in [0.3, 0.4) is 0 Å². The Labute approximate surface area is 212 Å². The lowest BCUT2D eigenvalue weighted by Gasteiger charge is -2.45. The first-order valence-electron chi connectivity index (χ1n) is 12.1. The molecule has 0 saturated carbocycles. The molecule has 190 valence electrons. The number of nitrogens with one attached hydrogen (secondary N) is 1. The summed E-state index contributed by atoms with van der Waals surface area (Å²) in [6, 6.07) is 29.8. The summed E-state index contributed by atoms with van der Waals surface area (Å²) in [6.07, 6.45) is -2.15. The average molecular weight is 492 g/mol. The van der Waals surface area contributed by atoms with E-state index in [9.17, 15) is 4.79 Å². The Morgan fingerprint density at radius 2 is 1.14 bits per heavy atom. The molecule has 0 bridgehead atoms. The summed E-state index contributed by atoms with van der Waals surface area (Å²) in [6.45, 7) is 1.34. The molecule has 1 amide bonds. The molecule has 5 atom stereocenters. The quantitative estimate of drug-likeness (QED) is 0.366. The van der Waals surface area contributed by atoms with Gasteiger partial charge in [0, 0.05) is 13.7 Å². The third-order valence-corrected chi connectivity index (χ3v) is 6.08. The van der Waals surface area contributed by atoms with Crippen molar-refractivity contribution in [1.82, 2.24) is 5.32 Å². The molecule has 3 aromatic rings. The molecule has 7 nitrogen and oxygen atoms in total. The molecule has 0 aliphatic carbocycles. The van der Waals surface area contributed by atoms with Crippen molar-refractivity contribution >= 4 is 6.41 Å². The monoisotopic (exact) mass is 491 g/mol. The number of rotatable bonds is 13. The minimum absolute atomic E-state index is 0.249. The van der Waals surface area contributed by atoms with Gasteiger partial charge in [-0.25, -0.2) is 0 Å². The van der Waals surface area contributed by atoms with Crippen LogP contribution in [0.2, 0.25) is 0 Å². The Hall–Kier alpha value is -3.07. The Kier molecular flexibility index (Phi) is 10.0. The predicted molar refractivity (Wildman–Crippen MR) is 135 cm³/mol. The smallest absolute Gasteiger partial charge is 0.207 e. The van der Waals surface area contributed by atoms with Gasteiger partial charge in [-0.1, -0.05) is 91.0 Å². The molecule has 0 unspecified atom stereocenters. The molecular weight excluding hydrogens is 458 g/mol. The van der Waals surface area contributed by atoms with Crippen LogP contribution in [0.1, 0.15) is 16.7 Å². The molecule has 1 aliphatic heterocycles. The van der Waals surface area contributed by atoms with Crippen LogP contribution in [0.25, 0.3) is 0 Å². The molecule has 7 heteroatoms. The lowest BCUT2D eigenvalue weighted by Crippen LogP contribution is -2.62. The molecule has 36 heavy (non-hydrogen) atoms. The van der Waals surface area contributed by atoms with Crippen LogP contribution >= 0.6 is 0 Å². The second kappa shape index (κ2) is 13.9. The van der Waals surface area contributed by atoms with E-state index in [4.69, 9.17) is 23.7 Å². The molecular formula is C29H33NO6. The number of hydrogen-bond acceptors (Lipinski definition) is 6. The zero-order valence-electron chi connectivity index (χ0n) is 20.4. The van der Waals surface area contributed by atoms with Crippen LogP contribution in [0.4, 0.5) is 0 Å². The summed E-state index contributed by atoms with van der Waals surface area (Å²) in [5.41, 5.74) is 3.09. The zero-order chi connectivity index (χ0) is 25.0. The maximum absolute atomic E-state index is 11.1. The van der Waals surface area contributed by atoms with E-state index in [1.165, 1.54) is 0 Å². The minimum Gasteiger partial charge on any atom is -0.368 e. The topological polar surface area (TPSA) is 75.3 Å². The van der Waals surface area contributed by atoms with Crippen molar-refractivity contribution in [3.05, 3.63) is 108 Å². The Morgan fingerprint density at radius 1 is 0.694 bits per heavy atom. The number of carbonyl (C=O) groups excluding carboxylic acids is 1. The summed E-state index contributed by atoms with van der Waals surface area (Å²) in [5.74, 6) is 0. The Bertz CT molecular complexity index is 1020. The molecule has 4 rings (SSSR count). The average Bonchev–Trinajstić information content (AvgIpc) is 2.94. The van der Waals surface area contributed by atoms with E-state index in [0.29, 0.717) is 26.2 Å². The first kappa shape index (κ1) is 26.0. The van der Waals surface area contributed by atoms with Gasteiger partial charge in [0.1, 0.15) is 24.4 Å². The molecule has 3 aromatic carbocycles. The number of hydrogen-bond donors (Lipinski definition) is 1. The maximum atomic E-state index is 11.1. The SMILES string of the molecule is CO[C@H]1O[C@H](CNC=O)[C@@H](OCc2ccccc2)[C@H](OCc2ccccc2)[C@@H]1OCc1ccccc1. The number of methoxy groups -OCH3 is 1. The first-order chi connectivity index (χ1) is 17.8. The van der Waals surface area contributed by atoms with Crippen LogP contribution in [0.5, 0.6) is 0 Å². The van der Waals surface area contributed by atoms with Crippen LogP contribution in [0, 0.1) is 0 Å². The third-order valence-electron chi connectivity index (χ3n) is 6.08. The van der Waals surface area contributed by atoms with Crippen molar-refractivity contribution in [3.63, 3.8) is 0 Å². The van der Waals surface area contributed by atoms with E-state index in [2.05, 4.69) is 5.32 Å².